The molecule has 0 atom stereocenters. The van der Waals surface area contributed by atoms with Gasteiger partial charge in [0.05, 0.1) is 12.7 Å². The highest BCUT2D eigenvalue weighted by Gasteiger charge is 2.19. The largest absolute Gasteiger partial charge is 0.504 e. The van der Waals surface area contributed by atoms with Crippen LogP contribution in [0.2, 0.25) is 0 Å². The van der Waals surface area contributed by atoms with E-state index in [1.807, 2.05) is 0 Å². The molecule has 0 aliphatic heterocycles. The zero-order valence-corrected chi connectivity index (χ0v) is 9.18. The third kappa shape index (κ3) is 1.86. The molecule has 2 N–H and O–H groups in total. The fourth-order valence-corrected chi connectivity index (χ4v) is 1.41. The van der Waals surface area contributed by atoms with E-state index >= 15 is 0 Å². The van der Waals surface area contributed by atoms with Crippen LogP contribution in [0.4, 0.5) is 4.39 Å². The summed E-state index contributed by atoms with van der Waals surface area (Å²) in [5.41, 5.74) is -0.339. The van der Waals surface area contributed by atoms with Crippen molar-refractivity contribution in [3.63, 3.8) is 0 Å². The number of aromatic carboxylic acids is 1. The molecule has 0 amide bonds. The highest BCUT2D eigenvalue weighted by molar-refractivity contribution is 5.86. The van der Waals surface area contributed by atoms with Gasteiger partial charge in [0.25, 0.3) is 0 Å². The molecule has 0 saturated carbocycles. The summed E-state index contributed by atoms with van der Waals surface area (Å²) in [5, 5.41) is 21.6. The van der Waals surface area contributed by atoms with Crippen LogP contribution < -0.4 is 4.74 Å². The summed E-state index contributed by atoms with van der Waals surface area (Å²) in [6, 6.07) is 3.71. The van der Waals surface area contributed by atoms with Crippen LogP contribution in [0.1, 0.15) is 10.5 Å². The molecular weight excluding hydrogens is 245 g/mol. The second kappa shape index (κ2) is 4.36. The van der Waals surface area contributed by atoms with Crippen molar-refractivity contribution in [2.24, 2.45) is 0 Å². The lowest BCUT2D eigenvalue weighted by Gasteiger charge is -2.05. The second-order valence-corrected chi connectivity index (χ2v) is 3.36. The lowest BCUT2D eigenvalue weighted by atomic mass is 10.1. The van der Waals surface area contributed by atoms with E-state index in [1.54, 1.807) is 0 Å². The van der Waals surface area contributed by atoms with Crippen LogP contribution >= 0.6 is 0 Å². The summed E-state index contributed by atoms with van der Waals surface area (Å²) in [4.78, 5) is 10.6. The summed E-state index contributed by atoms with van der Waals surface area (Å²) in [5.74, 6) is -3.11. The van der Waals surface area contributed by atoms with Gasteiger partial charge in [-0.25, -0.2) is 4.79 Å². The number of aromatic hydroxyl groups is 1. The summed E-state index contributed by atoms with van der Waals surface area (Å²) in [6.45, 7) is 0. The Morgan fingerprint density at radius 3 is 2.78 bits per heavy atom. The number of ether oxygens (including phenoxy) is 1. The van der Waals surface area contributed by atoms with Crippen LogP contribution in [0.5, 0.6) is 11.5 Å². The molecule has 0 spiro atoms. The fourth-order valence-electron chi connectivity index (χ4n) is 1.41. The zero-order valence-electron chi connectivity index (χ0n) is 9.18. The standard InChI is InChI=1S/C11H8FNO5/c1-17-7-3-2-5(10(14)9(7)12)8-4-6(11(15)16)13-18-8/h2-4,14H,1H3,(H,15,16). The van der Waals surface area contributed by atoms with Gasteiger partial charge in [-0.2, -0.15) is 4.39 Å². The minimum atomic E-state index is -1.28. The molecule has 1 aromatic carbocycles. The first-order chi connectivity index (χ1) is 8.54. The van der Waals surface area contributed by atoms with Crippen molar-refractivity contribution in [3.8, 4) is 22.8 Å². The first-order valence-corrected chi connectivity index (χ1v) is 4.80. The average Bonchev–Trinajstić information content (AvgIpc) is 2.82. The number of nitrogens with zero attached hydrogens (tertiary/aromatic N) is 1. The van der Waals surface area contributed by atoms with Crippen molar-refractivity contribution < 1.29 is 28.7 Å². The van der Waals surface area contributed by atoms with Crippen LogP contribution in [0.15, 0.2) is 22.7 Å². The summed E-state index contributed by atoms with van der Waals surface area (Å²) < 4.78 is 23.0. The van der Waals surface area contributed by atoms with Gasteiger partial charge < -0.3 is 19.5 Å². The third-order valence-corrected chi connectivity index (χ3v) is 2.30. The third-order valence-electron chi connectivity index (χ3n) is 2.30. The van der Waals surface area contributed by atoms with E-state index in [-0.39, 0.29) is 22.8 Å². The van der Waals surface area contributed by atoms with Crippen molar-refractivity contribution >= 4 is 5.97 Å². The summed E-state index contributed by atoms with van der Waals surface area (Å²) >= 11 is 0. The number of methoxy groups -OCH3 is 1. The molecule has 0 fully saturated rings. The van der Waals surface area contributed by atoms with E-state index in [9.17, 15) is 14.3 Å². The molecule has 2 aromatic rings. The quantitative estimate of drug-likeness (QED) is 0.867. The maximum atomic E-state index is 13.6. The van der Waals surface area contributed by atoms with Crippen LogP contribution in [-0.2, 0) is 0 Å². The van der Waals surface area contributed by atoms with Crippen LogP contribution in [0.3, 0.4) is 0 Å². The molecule has 0 aliphatic carbocycles. The highest BCUT2D eigenvalue weighted by Crippen LogP contribution is 2.36. The number of carboxylic acid groups (broad SMARTS) is 1. The summed E-state index contributed by atoms with van der Waals surface area (Å²) in [6.07, 6.45) is 0. The molecule has 1 heterocycles. The SMILES string of the molecule is COc1ccc(-c2cc(C(=O)O)no2)c(O)c1F. The first kappa shape index (κ1) is 11.9. The number of phenolic OH excluding ortho intramolecular Hbond substituents is 1. The Balaban J connectivity index is 2.50. The molecule has 18 heavy (non-hydrogen) atoms. The molecule has 94 valence electrons. The highest BCUT2D eigenvalue weighted by atomic mass is 19.1. The van der Waals surface area contributed by atoms with Gasteiger partial charge in [0.2, 0.25) is 5.82 Å². The minimum absolute atomic E-state index is 0.00620. The Morgan fingerprint density at radius 2 is 2.22 bits per heavy atom. The van der Waals surface area contributed by atoms with Gasteiger partial charge in [-0.15, -0.1) is 0 Å². The number of hydrogen-bond donors (Lipinski definition) is 2. The van der Waals surface area contributed by atoms with E-state index < -0.39 is 17.5 Å². The Bertz CT molecular complexity index is 607. The zero-order chi connectivity index (χ0) is 13.3. The van der Waals surface area contributed by atoms with E-state index in [4.69, 9.17) is 9.63 Å². The molecule has 6 nitrogen and oxygen atoms in total. The Kier molecular flexibility index (Phi) is 2.88. The molecule has 2 rings (SSSR count). The molecule has 0 bridgehead atoms. The molecule has 7 heteroatoms. The fraction of sp³-hybridized carbons (Fsp3) is 0.0909. The number of benzene rings is 1. The van der Waals surface area contributed by atoms with Gasteiger partial charge in [-0.05, 0) is 12.1 Å². The Hall–Kier alpha value is -2.57. The number of hydrogen-bond acceptors (Lipinski definition) is 5. The maximum absolute atomic E-state index is 13.6. The number of rotatable bonds is 3. The Morgan fingerprint density at radius 1 is 1.50 bits per heavy atom. The van der Waals surface area contributed by atoms with Gasteiger partial charge in [0.1, 0.15) is 0 Å². The van der Waals surface area contributed by atoms with E-state index in [0.717, 1.165) is 6.07 Å². The first-order valence-electron chi connectivity index (χ1n) is 4.80. The molecule has 0 radical (unpaired) electrons. The van der Waals surface area contributed by atoms with Crippen molar-refractivity contribution in [1.82, 2.24) is 5.16 Å². The number of phenols is 1. The number of carboxylic acids is 1. The van der Waals surface area contributed by atoms with Crippen LogP contribution in [0.25, 0.3) is 11.3 Å². The van der Waals surface area contributed by atoms with Crippen molar-refractivity contribution in [3.05, 3.63) is 29.7 Å². The Labute approximate surface area is 100 Å². The minimum Gasteiger partial charge on any atom is -0.504 e. The monoisotopic (exact) mass is 253 g/mol. The van der Waals surface area contributed by atoms with Crippen LogP contribution in [-0.4, -0.2) is 28.4 Å². The molecular formula is C11H8FNO5. The summed E-state index contributed by atoms with van der Waals surface area (Å²) in [7, 11) is 1.26. The van der Waals surface area contributed by atoms with Gasteiger partial charge in [-0.1, -0.05) is 5.16 Å². The molecule has 0 saturated heterocycles. The van der Waals surface area contributed by atoms with E-state index in [0.29, 0.717) is 0 Å². The average molecular weight is 253 g/mol. The number of halogens is 1. The molecule has 0 unspecified atom stereocenters. The van der Waals surface area contributed by atoms with Crippen molar-refractivity contribution in [2.45, 2.75) is 0 Å². The predicted octanol–water partition coefficient (Wildman–Crippen LogP) is 1.89. The van der Waals surface area contributed by atoms with E-state index in [1.165, 1.54) is 19.2 Å². The molecule has 0 aliphatic rings. The normalized spacial score (nSPS) is 10.3. The number of carbonyl (C=O) groups is 1. The molecule has 1 aromatic heterocycles. The topological polar surface area (TPSA) is 92.8 Å². The number of aromatic nitrogens is 1. The van der Waals surface area contributed by atoms with Crippen LogP contribution in [0, 0.1) is 5.82 Å². The van der Waals surface area contributed by atoms with Gasteiger partial charge in [0.15, 0.2) is 23.0 Å². The van der Waals surface area contributed by atoms with Crippen molar-refractivity contribution in [2.75, 3.05) is 7.11 Å². The maximum Gasteiger partial charge on any atom is 0.358 e. The second-order valence-electron chi connectivity index (χ2n) is 3.36. The lowest BCUT2D eigenvalue weighted by Crippen LogP contribution is -1.94. The smallest absolute Gasteiger partial charge is 0.358 e. The van der Waals surface area contributed by atoms with Gasteiger partial charge in [0, 0.05) is 6.07 Å². The van der Waals surface area contributed by atoms with E-state index in [2.05, 4.69) is 9.89 Å². The predicted molar refractivity (Wildman–Crippen MR) is 57.1 cm³/mol. The van der Waals surface area contributed by atoms with Crippen molar-refractivity contribution in [1.29, 1.82) is 0 Å². The van der Waals surface area contributed by atoms with Gasteiger partial charge in [-0.3, -0.25) is 0 Å². The lowest BCUT2D eigenvalue weighted by molar-refractivity contribution is 0.0686. The van der Waals surface area contributed by atoms with Gasteiger partial charge >= 0.3 is 5.97 Å².